The van der Waals surface area contributed by atoms with Gasteiger partial charge in [-0.1, -0.05) is 46.3 Å². The van der Waals surface area contributed by atoms with Gasteiger partial charge < -0.3 is 4.74 Å². The predicted octanol–water partition coefficient (Wildman–Crippen LogP) is 3.09. The first-order valence-electron chi connectivity index (χ1n) is 6.28. The molecule has 1 atom stereocenters. The van der Waals surface area contributed by atoms with Gasteiger partial charge in [-0.3, -0.25) is 4.90 Å². The summed E-state index contributed by atoms with van der Waals surface area (Å²) in [5.74, 6) is 0. The second-order valence-corrected chi connectivity index (χ2v) is 3.81. The Bertz CT molecular complexity index is 157. The third-order valence-electron chi connectivity index (χ3n) is 2.28. The van der Waals surface area contributed by atoms with Gasteiger partial charge in [0.25, 0.3) is 0 Å². The molecule has 0 aromatic carbocycles. The van der Waals surface area contributed by atoms with Crippen LogP contribution in [0.2, 0.25) is 0 Å². The predicted molar refractivity (Wildman–Crippen MR) is 67.3 cm³/mol. The molecule has 2 heteroatoms. The smallest absolute Gasteiger partial charge is 0.0658 e. The summed E-state index contributed by atoms with van der Waals surface area (Å²) in [7, 11) is 0. The first-order chi connectivity index (χ1) is 7.29. The van der Waals surface area contributed by atoms with Gasteiger partial charge in [-0.05, 0) is 13.0 Å². The molecule has 1 heterocycles. The first kappa shape index (κ1) is 14.7. The minimum absolute atomic E-state index is 0.517. The zero-order valence-corrected chi connectivity index (χ0v) is 10.8. The van der Waals surface area contributed by atoms with Gasteiger partial charge in [0.1, 0.15) is 0 Å². The summed E-state index contributed by atoms with van der Waals surface area (Å²) in [5.41, 5.74) is 0. The minimum atomic E-state index is 0.517. The summed E-state index contributed by atoms with van der Waals surface area (Å²) >= 11 is 0. The van der Waals surface area contributed by atoms with Gasteiger partial charge in [-0.2, -0.15) is 0 Å². The van der Waals surface area contributed by atoms with Gasteiger partial charge in [0.05, 0.1) is 19.3 Å². The van der Waals surface area contributed by atoms with Crippen LogP contribution in [0.5, 0.6) is 0 Å². The fraction of sp³-hybridized carbons (Fsp3) is 0.846. The van der Waals surface area contributed by atoms with E-state index in [0.717, 1.165) is 32.7 Å². The van der Waals surface area contributed by atoms with E-state index in [9.17, 15) is 0 Å². The molecule has 1 saturated heterocycles. The maximum Gasteiger partial charge on any atom is 0.0658 e. The van der Waals surface area contributed by atoms with Crippen molar-refractivity contribution in [1.29, 1.82) is 0 Å². The summed E-state index contributed by atoms with van der Waals surface area (Å²) in [5, 5.41) is 0. The van der Waals surface area contributed by atoms with Gasteiger partial charge >= 0.3 is 0 Å². The van der Waals surface area contributed by atoms with Crippen LogP contribution in [0.4, 0.5) is 0 Å². The van der Waals surface area contributed by atoms with Crippen LogP contribution >= 0.6 is 0 Å². The SMILES string of the molecule is CC/C=C/C1COCCN1CC.CCC. The van der Waals surface area contributed by atoms with Gasteiger partial charge in [0, 0.05) is 6.54 Å². The van der Waals surface area contributed by atoms with Crippen molar-refractivity contribution in [1.82, 2.24) is 4.90 Å². The quantitative estimate of drug-likeness (QED) is 0.668. The van der Waals surface area contributed by atoms with Crippen LogP contribution in [0, 0.1) is 0 Å². The van der Waals surface area contributed by atoms with Gasteiger partial charge in [0.2, 0.25) is 0 Å². The van der Waals surface area contributed by atoms with E-state index in [1.807, 2.05) is 0 Å². The first-order valence-corrected chi connectivity index (χ1v) is 6.28. The molecule has 0 radical (unpaired) electrons. The van der Waals surface area contributed by atoms with Crippen molar-refractivity contribution < 1.29 is 4.74 Å². The van der Waals surface area contributed by atoms with E-state index in [2.05, 4.69) is 44.7 Å². The Morgan fingerprint density at radius 3 is 2.47 bits per heavy atom. The number of rotatable bonds is 3. The van der Waals surface area contributed by atoms with Crippen molar-refractivity contribution in [2.24, 2.45) is 0 Å². The van der Waals surface area contributed by atoms with Crippen LogP contribution in [-0.4, -0.2) is 37.2 Å². The monoisotopic (exact) mass is 213 g/mol. The highest BCUT2D eigenvalue weighted by Gasteiger charge is 2.17. The third kappa shape index (κ3) is 6.69. The highest BCUT2D eigenvalue weighted by atomic mass is 16.5. The Kier molecular flexibility index (Phi) is 9.96. The fourth-order valence-corrected chi connectivity index (χ4v) is 1.52. The average molecular weight is 213 g/mol. The van der Waals surface area contributed by atoms with Gasteiger partial charge in [-0.25, -0.2) is 0 Å². The van der Waals surface area contributed by atoms with Crippen molar-refractivity contribution in [3.05, 3.63) is 12.2 Å². The van der Waals surface area contributed by atoms with E-state index in [4.69, 9.17) is 4.74 Å². The van der Waals surface area contributed by atoms with Crippen LogP contribution in [-0.2, 0) is 4.74 Å². The third-order valence-corrected chi connectivity index (χ3v) is 2.28. The molecule has 2 nitrogen and oxygen atoms in total. The summed E-state index contributed by atoms with van der Waals surface area (Å²) < 4.78 is 5.42. The molecule has 0 aromatic heterocycles. The highest BCUT2D eigenvalue weighted by molar-refractivity contribution is 4.95. The molecular weight excluding hydrogens is 186 g/mol. The lowest BCUT2D eigenvalue weighted by molar-refractivity contribution is 0.0128. The minimum Gasteiger partial charge on any atom is -0.378 e. The summed E-state index contributed by atoms with van der Waals surface area (Å²) in [6.45, 7) is 12.6. The zero-order chi connectivity index (χ0) is 11.5. The van der Waals surface area contributed by atoms with Crippen molar-refractivity contribution in [3.8, 4) is 0 Å². The lowest BCUT2D eigenvalue weighted by Gasteiger charge is -2.32. The number of nitrogens with zero attached hydrogens (tertiary/aromatic N) is 1. The second-order valence-electron chi connectivity index (χ2n) is 3.81. The molecule has 15 heavy (non-hydrogen) atoms. The molecule has 1 unspecified atom stereocenters. The Hall–Kier alpha value is -0.340. The maximum atomic E-state index is 5.42. The molecule has 1 aliphatic heterocycles. The molecule has 1 fully saturated rings. The fourth-order valence-electron chi connectivity index (χ4n) is 1.52. The number of hydrogen-bond acceptors (Lipinski definition) is 2. The lowest BCUT2D eigenvalue weighted by atomic mass is 10.2. The number of hydrogen-bond donors (Lipinski definition) is 0. The van der Waals surface area contributed by atoms with Crippen LogP contribution < -0.4 is 0 Å². The van der Waals surface area contributed by atoms with E-state index in [1.165, 1.54) is 6.42 Å². The molecule has 1 aliphatic rings. The number of morpholine rings is 1. The summed E-state index contributed by atoms with van der Waals surface area (Å²) in [6, 6.07) is 0.517. The second kappa shape index (κ2) is 10.2. The molecule has 90 valence electrons. The Morgan fingerprint density at radius 1 is 1.27 bits per heavy atom. The molecule has 0 bridgehead atoms. The van der Waals surface area contributed by atoms with E-state index in [-0.39, 0.29) is 0 Å². The molecule has 1 rings (SSSR count). The van der Waals surface area contributed by atoms with Crippen molar-refractivity contribution in [2.75, 3.05) is 26.3 Å². The van der Waals surface area contributed by atoms with E-state index in [1.54, 1.807) is 0 Å². The Morgan fingerprint density at radius 2 is 1.93 bits per heavy atom. The normalized spacial score (nSPS) is 22.5. The molecule has 0 spiro atoms. The zero-order valence-electron chi connectivity index (χ0n) is 10.8. The van der Waals surface area contributed by atoms with E-state index < -0.39 is 0 Å². The maximum absolute atomic E-state index is 5.42. The van der Waals surface area contributed by atoms with E-state index >= 15 is 0 Å². The average Bonchev–Trinajstić information content (AvgIpc) is 2.28. The molecule has 0 amide bonds. The van der Waals surface area contributed by atoms with Gasteiger partial charge in [0.15, 0.2) is 0 Å². The lowest BCUT2D eigenvalue weighted by Crippen LogP contribution is -2.43. The van der Waals surface area contributed by atoms with Crippen LogP contribution in [0.25, 0.3) is 0 Å². The number of ether oxygens (including phenoxy) is 1. The standard InChI is InChI=1S/C10H19NO.C3H8/c1-3-5-6-10-9-12-8-7-11(10)4-2;1-3-2/h5-6,10H,3-4,7-9H2,1-2H3;3H2,1-2H3/b6-5+;. The van der Waals surface area contributed by atoms with Crippen molar-refractivity contribution in [2.45, 2.75) is 46.6 Å². The summed E-state index contributed by atoms with van der Waals surface area (Å²) in [4.78, 5) is 2.45. The Balaban J connectivity index is 0.000000583. The van der Waals surface area contributed by atoms with Crippen LogP contribution in [0.1, 0.15) is 40.5 Å². The topological polar surface area (TPSA) is 12.5 Å². The Labute approximate surface area is 95.3 Å². The van der Waals surface area contributed by atoms with Crippen molar-refractivity contribution in [3.63, 3.8) is 0 Å². The van der Waals surface area contributed by atoms with Crippen LogP contribution in [0.3, 0.4) is 0 Å². The molecule has 0 saturated carbocycles. The number of allylic oxidation sites excluding steroid dienone is 1. The highest BCUT2D eigenvalue weighted by Crippen LogP contribution is 2.07. The molecular formula is C13H27NO. The molecule has 0 N–H and O–H groups in total. The summed E-state index contributed by atoms with van der Waals surface area (Å²) in [6.07, 6.45) is 6.86. The van der Waals surface area contributed by atoms with Gasteiger partial charge in [-0.15, -0.1) is 0 Å². The molecule has 0 aromatic rings. The number of likely N-dealkylation sites (N-methyl/N-ethyl adjacent to an activating group) is 1. The van der Waals surface area contributed by atoms with Crippen LogP contribution in [0.15, 0.2) is 12.2 Å². The largest absolute Gasteiger partial charge is 0.378 e. The molecule has 0 aliphatic carbocycles. The van der Waals surface area contributed by atoms with Crippen molar-refractivity contribution >= 4 is 0 Å². The van der Waals surface area contributed by atoms with E-state index in [0.29, 0.717) is 6.04 Å².